The maximum Gasteiger partial charge on any atom is 0.294 e. The molecule has 3 nitrogen and oxygen atoms in total. The van der Waals surface area contributed by atoms with Crippen LogP contribution in [0.15, 0.2) is 35.2 Å². The van der Waals surface area contributed by atoms with Crippen LogP contribution in [-0.2, 0) is 23.0 Å². The average Bonchev–Trinajstić information content (AvgIpc) is 2.76. The Hall–Kier alpha value is -1.39. The van der Waals surface area contributed by atoms with Gasteiger partial charge in [0, 0.05) is 0 Å². The van der Waals surface area contributed by atoms with Crippen molar-refractivity contribution >= 4 is 20.9 Å². The highest BCUT2D eigenvalue weighted by Crippen LogP contribution is 2.27. The minimum absolute atomic E-state index is 0.0795. The molecule has 0 aliphatic rings. The summed E-state index contributed by atoms with van der Waals surface area (Å²) < 4.78 is 33.8. The fourth-order valence-corrected chi connectivity index (χ4v) is 5.29. The molecule has 0 bridgehead atoms. The molecule has 0 atom stereocenters. The predicted octanol–water partition coefficient (Wildman–Crippen LogP) is 8.67. The summed E-state index contributed by atoms with van der Waals surface area (Å²) in [6.07, 6.45) is 19.2. The summed E-state index contributed by atoms with van der Waals surface area (Å²) in [5.41, 5.74) is 2.06. The van der Waals surface area contributed by atoms with Gasteiger partial charge in [-0.25, -0.2) is 0 Å². The monoisotopic (exact) mass is 460 g/mol. The second-order valence-electron chi connectivity index (χ2n) is 9.36. The number of rotatable bonds is 17. The highest BCUT2D eigenvalue weighted by Gasteiger charge is 2.16. The first-order chi connectivity index (χ1) is 15.5. The summed E-state index contributed by atoms with van der Waals surface area (Å²) in [4.78, 5) is 0.0795. The van der Waals surface area contributed by atoms with E-state index in [1.165, 1.54) is 82.6 Å². The van der Waals surface area contributed by atoms with E-state index in [-0.39, 0.29) is 4.90 Å². The van der Waals surface area contributed by atoms with Crippen molar-refractivity contribution in [2.75, 3.05) is 0 Å². The third kappa shape index (κ3) is 9.62. The van der Waals surface area contributed by atoms with E-state index in [1.807, 2.05) is 12.1 Å². The summed E-state index contributed by atoms with van der Waals surface area (Å²) in [5.74, 6) is 0. The van der Waals surface area contributed by atoms with Crippen LogP contribution in [0.25, 0.3) is 10.8 Å². The molecule has 0 saturated heterocycles. The molecule has 0 amide bonds. The number of unbranched alkanes of at least 4 members (excludes halogenated alkanes) is 12. The molecule has 1 N–H and O–H groups in total. The Labute approximate surface area is 196 Å². The minimum Gasteiger partial charge on any atom is -0.282 e. The van der Waals surface area contributed by atoms with Gasteiger partial charge in [-0.2, -0.15) is 8.42 Å². The molecule has 0 spiro atoms. The minimum atomic E-state index is -4.22. The van der Waals surface area contributed by atoms with Crippen LogP contribution in [-0.4, -0.2) is 13.0 Å². The van der Waals surface area contributed by atoms with E-state index in [0.29, 0.717) is 6.42 Å². The van der Waals surface area contributed by atoms with Crippen LogP contribution < -0.4 is 0 Å². The van der Waals surface area contributed by atoms with E-state index >= 15 is 0 Å². The summed E-state index contributed by atoms with van der Waals surface area (Å²) in [5, 5.41) is 1.96. The predicted molar refractivity (Wildman–Crippen MR) is 137 cm³/mol. The topological polar surface area (TPSA) is 54.4 Å². The Morgan fingerprint density at radius 3 is 1.72 bits per heavy atom. The molecular weight excluding hydrogens is 416 g/mol. The SMILES string of the molecule is CCCCCCCCCc1ccc2cc(S(=O)(=O)O)c(CCCCCCCCC)cc2c1. The van der Waals surface area contributed by atoms with Crippen LogP contribution in [0.4, 0.5) is 0 Å². The number of aryl methyl sites for hydroxylation is 2. The molecule has 4 heteroatoms. The molecule has 180 valence electrons. The van der Waals surface area contributed by atoms with Gasteiger partial charge in [-0.05, 0) is 59.7 Å². The number of benzene rings is 2. The Kier molecular flexibility index (Phi) is 12.3. The van der Waals surface area contributed by atoms with Crippen molar-refractivity contribution in [2.45, 2.75) is 121 Å². The van der Waals surface area contributed by atoms with Crippen LogP contribution in [0, 0.1) is 0 Å². The van der Waals surface area contributed by atoms with E-state index in [1.54, 1.807) is 6.07 Å². The largest absolute Gasteiger partial charge is 0.294 e. The molecule has 0 aromatic heterocycles. The van der Waals surface area contributed by atoms with Gasteiger partial charge in [-0.1, -0.05) is 109 Å². The third-order valence-electron chi connectivity index (χ3n) is 6.48. The number of fused-ring (bicyclic) bond motifs is 1. The molecule has 0 aliphatic carbocycles. The maximum absolute atomic E-state index is 12.0. The Morgan fingerprint density at radius 2 is 1.16 bits per heavy atom. The average molecular weight is 461 g/mol. The smallest absolute Gasteiger partial charge is 0.282 e. The lowest BCUT2D eigenvalue weighted by Gasteiger charge is -2.11. The molecule has 2 aromatic carbocycles. The van der Waals surface area contributed by atoms with Gasteiger partial charge >= 0.3 is 0 Å². The zero-order valence-corrected chi connectivity index (χ0v) is 21.2. The first-order valence-corrected chi connectivity index (χ1v) is 14.4. The number of hydrogen-bond donors (Lipinski definition) is 1. The summed E-state index contributed by atoms with van der Waals surface area (Å²) >= 11 is 0. The summed E-state index contributed by atoms with van der Waals surface area (Å²) in [6.45, 7) is 4.47. The van der Waals surface area contributed by atoms with Crippen molar-refractivity contribution in [3.8, 4) is 0 Å². The molecule has 2 rings (SSSR count). The van der Waals surface area contributed by atoms with Gasteiger partial charge in [0.05, 0.1) is 4.90 Å². The first kappa shape index (κ1) is 26.9. The van der Waals surface area contributed by atoms with Crippen LogP contribution in [0.5, 0.6) is 0 Å². The number of hydrogen-bond acceptors (Lipinski definition) is 2. The molecule has 0 unspecified atom stereocenters. The normalized spacial score (nSPS) is 12.0. The molecule has 2 aromatic rings. The first-order valence-electron chi connectivity index (χ1n) is 13.0. The molecule has 0 fully saturated rings. The van der Waals surface area contributed by atoms with Gasteiger partial charge < -0.3 is 0 Å². The van der Waals surface area contributed by atoms with Gasteiger partial charge in [0.25, 0.3) is 10.1 Å². The van der Waals surface area contributed by atoms with E-state index in [2.05, 4.69) is 26.0 Å². The van der Waals surface area contributed by atoms with Crippen molar-refractivity contribution < 1.29 is 13.0 Å². The highest BCUT2D eigenvalue weighted by atomic mass is 32.2. The van der Waals surface area contributed by atoms with Gasteiger partial charge in [0.2, 0.25) is 0 Å². The quantitative estimate of drug-likeness (QED) is 0.190. The molecule has 32 heavy (non-hydrogen) atoms. The van der Waals surface area contributed by atoms with Gasteiger partial charge in [-0.15, -0.1) is 0 Å². The molecule has 0 saturated carbocycles. The van der Waals surface area contributed by atoms with E-state index in [0.717, 1.165) is 35.6 Å². The third-order valence-corrected chi connectivity index (χ3v) is 7.42. The lowest BCUT2D eigenvalue weighted by atomic mass is 9.98. The standard InChI is InChI=1S/C28H44O3S/c1-3-5-7-9-11-13-15-17-24-19-20-25-23-28(32(29,30)31)26(22-27(25)21-24)18-16-14-12-10-8-6-4-2/h19-23H,3-18H2,1-2H3,(H,29,30,31). The molecule has 0 aliphatic heterocycles. The summed E-state index contributed by atoms with van der Waals surface area (Å²) in [6, 6.07) is 9.94. The van der Waals surface area contributed by atoms with Crippen LogP contribution >= 0.6 is 0 Å². The Balaban J connectivity index is 1.99. The molecule has 0 radical (unpaired) electrons. The highest BCUT2D eigenvalue weighted by molar-refractivity contribution is 7.85. The Bertz CT molecular complexity index is 902. The van der Waals surface area contributed by atoms with Crippen molar-refractivity contribution in [3.63, 3.8) is 0 Å². The molecule has 0 heterocycles. The second-order valence-corrected chi connectivity index (χ2v) is 10.7. The summed E-state index contributed by atoms with van der Waals surface area (Å²) in [7, 11) is -4.22. The zero-order valence-electron chi connectivity index (χ0n) is 20.4. The lowest BCUT2D eigenvalue weighted by Crippen LogP contribution is -2.04. The van der Waals surface area contributed by atoms with Crippen LogP contribution in [0.3, 0.4) is 0 Å². The van der Waals surface area contributed by atoms with Crippen LogP contribution in [0.1, 0.15) is 115 Å². The van der Waals surface area contributed by atoms with Gasteiger partial charge in [0.15, 0.2) is 0 Å². The lowest BCUT2D eigenvalue weighted by molar-refractivity contribution is 0.481. The van der Waals surface area contributed by atoms with Crippen molar-refractivity contribution in [1.82, 2.24) is 0 Å². The van der Waals surface area contributed by atoms with Gasteiger partial charge in [0.1, 0.15) is 0 Å². The fourth-order valence-electron chi connectivity index (χ4n) is 4.52. The van der Waals surface area contributed by atoms with Crippen LogP contribution in [0.2, 0.25) is 0 Å². The zero-order chi connectivity index (χ0) is 23.2. The molecular formula is C28H44O3S. The maximum atomic E-state index is 12.0. The van der Waals surface area contributed by atoms with E-state index in [4.69, 9.17) is 0 Å². The Morgan fingerprint density at radius 1 is 0.625 bits per heavy atom. The van der Waals surface area contributed by atoms with E-state index < -0.39 is 10.1 Å². The van der Waals surface area contributed by atoms with E-state index in [9.17, 15) is 13.0 Å². The van der Waals surface area contributed by atoms with Crippen molar-refractivity contribution in [1.29, 1.82) is 0 Å². The van der Waals surface area contributed by atoms with Crippen molar-refractivity contribution in [2.24, 2.45) is 0 Å². The van der Waals surface area contributed by atoms with Crippen molar-refractivity contribution in [3.05, 3.63) is 41.5 Å². The second kappa shape index (κ2) is 14.7. The fraction of sp³-hybridized carbons (Fsp3) is 0.643. The van der Waals surface area contributed by atoms with Gasteiger partial charge in [-0.3, -0.25) is 4.55 Å².